The zero-order chi connectivity index (χ0) is 9.42. The van der Waals surface area contributed by atoms with E-state index in [1.165, 1.54) is 4.68 Å². The monoisotopic (exact) mass is 199 g/mol. The molecule has 1 heterocycles. The van der Waals surface area contributed by atoms with Crippen molar-refractivity contribution in [2.75, 3.05) is 5.32 Å². The van der Waals surface area contributed by atoms with Gasteiger partial charge in [0.1, 0.15) is 5.02 Å². The van der Waals surface area contributed by atoms with E-state index in [-0.39, 0.29) is 10.6 Å². The van der Waals surface area contributed by atoms with Crippen LogP contribution >= 0.6 is 11.6 Å². The first-order chi connectivity index (χ1) is 6.18. The van der Waals surface area contributed by atoms with Gasteiger partial charge in [-0.3, -0.25) is 4.79 Å². The molecule has 0 spiro atoms. The summed E-state index contributed by atoms with van der Waals surface area (Å²) < 4.78 is 1.22. The Kier molecular flexibility index (Phi) is 2.00. The van der Waals surface area contributed by atoms with E-state index in [9.17, 15) is 4.79 Å². The van der Waals surface area contributed by atoms with Crippen LogP contribution in [0.1, 0.15) is 12.8 Å². The van der Waals surface area contributed by atoms with Gasteiger partial charge in [-0.05, 0) is 12.8 Å². The van der Waals surface area contributed by atoms with Gasteiger partial charge < -0.3 is 5.32 Å². The zero-order valence-electron chi connectivity index (χ0n) is 7.25. The second kappa shape index (κ2) is 3.03. The summed E-state index contributed by atoms with van der Waals surface area (Å²) in [5, 5.41) is 7.25. The lowest BCUT2D eigenvalue weighted by Crippen LogP contribution is -2.21. The first-order valence-electron chi connectivity index (χ1n) is 4.17. The van der Waals surface area contributed by atoms with E-state index >= 15 is 0 Å². The quantitative estimate of drug-likeness (QED) is 0.774. The number of nitrogens with one attached hydrogen (secondary N) is 1. The van der Waals surface area contributed by atoms with Crippen molar-refractivity contribution in [2.45, 2.75) is 18.9 Å². The van der Waals surface area contributed by atoms with Gasteiger partial charge in [0.15, 0.2) is 0 Å². The van der Waals surface area contributed by atoms with Crippen LogP contribution in [0.15, 0.2) is 11.0 Å². The molecule has 0 unspecified atom stereocenters. The average Bonchev–Trinajstić information content (AvgIpc) is 2.90. The molecule has 70 valence electrons. The van der Waals surface area contributed by atoms with E-state index in [1.807, 2.05) is 0 Å². The molecule has 0 atom stereocenters. The number of aromatic nitrogens is 2. The molecule has 2 rings (SSSR count). The maximum Gasteiger partial charge on any atom is 0.287 e. The predicted octanol–water partition coefficient (Wildman–Crippen LogP) is 1.01. The van der Waals surface area contributed by atoms with Crippen LogP contribution in [0, 0.1) is 0 Å². The van der Waals surface area contributed by atoms with Crippen molar-refractivity contribution in [1.82, 2.24) is 9.78 Å². The third-order valence-corrected chi connectivity index (χ3v) is 2.38. The molecular formula is C8H10ClN3O. The first-order valence-corrected chi connectivity index (χ1v) is 4.54. The normalized spacial score (nSPS) is 15.8. The van der Waals surface area contributed by atoms with Gasteiger partial charge >= 0.3 is 0 Å². The zero-order valence-corrected chi connectivity index (χ0v) is 8.01. The number of hydrogen-bond donors (Lipinski definition) is 1. The third kappa shape index (κ3) is 1.67. The average molecular weight is 200 g/mol. The molecule has 1 saturated carbocycles. The summed E-state index contributed by atoms with van der Waals surface area (Å²) in [7, 11) is 1.58. The highest BCUT2D eigenvalue weighted by Crippen LogP contribution is 2.26. The molecule has 1 aromatic heterocycles. The summed E-state index contributed by atoms with van der Waals surface area (Å²) in [6.07, 6.45) is 3.87. The van der Waals surface area contributed by atoms with Crippen LogP contribution in [0.25, 0.3) is 0 Å². The predicted molar refractivity (Wildman–Crippen MR) is 51.1 cm³/mol. The van der Waals surface area contributed by atoms with Crippen molar-refractivity contribution in [3.8, 4) is 0 Å². The maximum absolute atomic E-state index is 11.3. The van der Waals surface area contributed by atoms with Crippen molar-refractivity contribution in [1.29, 1.82) is 0 Å². The van der Waals surface area contributed by atoms with Gasteiger partial charge in [-0.2, -0.15) is 5.10 Å². The second-order valence-electron chi connectivity index (χ2n) is 3.22. The maximum atomic E-state index is 11.3. The molecule has 1 aliphatic carbocycles. The summed E-state index contributed by atoms with van der Waals surface area (Å²) in [5.74, 6) is 0. The SMILES string of the molecule is Cn1ncc(NC2CC2)c(Cl)c1=O. The van der Waals surface area contributed by atoms with Gasteiger partial charge in [0.2, 0.25) is 0 Å². The molecule has 0 aromatic carbocycles. The molecule has 1 N–H and O–H groups in total. The molecule has 0 radical (unpaired) electrons. The van der Waals surface area contributed by atoms with Crippen LogP contribution in [0.5, 0.6) is 0 Å². The minimum atomic E-state index is -0.257. The summed E-state index contributed by atoms with van der Waals surface area (Å²) in [6.45, 7) is 0. The summed E-state index contributed by atoms with van der Waals surface area (Å²) in [6, 6.07) is 0.478. The minimum absolute atomic E-state index is 0.226. The molecule has 1 aromatic rings. The minimum Gasteiger partial charge on any atom is -0.380 e. The fourth-order valence-corrected chi connectivity index (χ4v) is 1.28. The van der Waals surface area contributed by atoms with Crippen LogP contribution in [-0.2, 0) is 7.05 Å². The van der Waals surface area contributed by atoms with Gasteiger partial charge in [-0.1, -0.05) is 11.6 Å². The highest BCUT2D eigenvalue weighted by atomic mass is 35.5. The van der Waals surface area contributed by atoms with E-state index < -0.39 is 0 Å². The number of halogens is 1. The van der Waals surface area contributed by atoms with E-state index in [1.54, 1.807) is 13.2 Å². The standard InChI is InChI=1S/C8H10ClN3O/c1-12-8(13)7(9)6(4-10-12)11-5-2-3-5/h4-5,11H,2-3H2,1H3. The fourth-order valence-electron chi connectivity index (χ4n) is 1.06. The van der Waals surface area contributed by atoms with Gasteiger partial charge in [-0.15, -0.1) is 0 Å². The summed E-state index contributed by atoms with van der Waals surface area (Å²) >= 11 is 5.83. The Morgan fingerprint density at radius 3 is 3.00 bits per heavy atom. The molecule has 0 bridgehead atoms. The lowest BCUT2D eigenvalue weighted by atomic mass is 10.4. The Morgan fingerprint density at radius 1 is 1.69 bits per heavy atom. The Hall–Kier alpha value is -1.03. The van der Waals surface area contributed by atoms with E-state index in [4.69, 9.17) is 11.6 Å². The Bertz CT molecular complexity index is 383. The first kappa shape index (κ1) is 8.56. The third-order valence-electron chi connectivity index (χ3n) is 2.02. The Balaban J connectivity index is 2.34. The smallest absolute Gasteiger partial charge is 0.287 e. The van der Waals surface area contributed by atoms with Crippen LogP contribution in [0.4, 0.5) is 5.69 Å². The van der Waals surface area contributed by atoms with Crippen molar-refractivity contribution >= 4 is 17.3 Å². The molecule has 5 heteroatoms. The number of nitrogens with zero attached hydrogens (tertiary/aromatic N) is 2. The van der Waals surface area contributed by atoms with Crippen molar-refractivity contribution < 1.29 is 0 Å². The largest absolute Gasteiger partial charge is 0.380 e. The highest BCUT2D eigenvalue weighted by Gasteiger charge is 2.22. The molecule has 0 amide bonds. The number of anilines is 1. The van der Waals surface area contributed by atoms with E-state index in [0.717, 1.165) is 12.8 Å². The molecule has 0 saturated heterocycles. The van der Waals surface area contributed by atoms with Gasteiger partial charge in [0, 0.05) is 13.1 Å². The second-order valence-corrected chi connectivity index (χ2v) is 3.60. The fraction of sp³-hybridized carbons (Fsp3) is 0.500. The van der Waals surface area contributed by atoms with Crippen LogP contribution < -0.4 is 10.9 Å². The van der Waals surface area contributed by atoms with Gasteiger partial charge in [0.05, 0.1) is 11.9 Å². The van der Waals surface area contributed by atoms with Crippen molar-refractivity contribution in [3.63, 3.8) is 0 Å². The lowest BCUT2D eigenvalue weighted by molar-refractivity contribution is 0.708. The summed E-state index contributed by atoms with van der Waals surface area (Å²) in [4.78, 5) is 11.3. The van der Waals surface area contributed by atoms with Gasteiger partial charge in [0.25, 0.3) is 5.56 Å². The Morgan fingerprint density at radius 2 is 2.38 bits per heavy atom. The van der Waals surface area contributed by atoms with Crippen LogP contribution in [0.3, 0.4) is 0 Å². The van der Waals surface area contributed by atoms with Crippen molar-refractivity contribution in [3.05, 3.63) is 21.6 Å². The van der Waals surface area contributed by atoms with Crippen LogP contribution in [-0.4, -0.2) is 15.8 Å². The molecule has 1 aliphatic rings. The molecule has 0 aliphatic heterocycles. The number of aryl methyl sites for hydroxylation is 1. The highest BCUT2D eigenvalue weighted by molar-refractivity contribution is 6.32. The Labute approximate surface area is 80.5 Å². The molecule has 13 heavy (non-hydrogen) atoms. The lowest BCUT2D eigenvalue weighted by Gasteiger charge is -2.06. The molecule has 4 nitrogen and oxygen atoms in total. The van der Waals surface area contributed by atoms with Gasteiger partial charge in [-0.25, -0.2) is 4.68 Å². The number of hydrogen-bond acceptors (Lipinski definition) is 3. The summed E-state index contributed by atoms with van der Waals surface area (Å²) in [5.41, 5.74) is 0.389. The molecular weight excluding hydrogens is 190 g/mol. The topological polar surface area (TPSA) is 46.9 Å². The van der Waals surface area contributed by atoms with Crippen molar-refractivity contribution in [2.24, 2.45) is 7.05 Å². The molecule has 1 fully saturated rings. The van der Waals surface area contributed by atoms with Crippen LogP contribution in [0.2, 0.25) is 5.02 Å². The number of rotatable bonds is 2. The van der Waals surface area contributed by atoms with E-state index in [2.05, 4.69) is 10.4 Å². The van der Waals surface area contributed by atoms with E-state index in [0.29, 0.717) is 11.7 Å².